The molecule has 0 saturated heterocycles. The Morgan fingerprint density at radius 2 is 1.79 bits per heavy atom. The third-order valence-electron chi connectivity index (χ3n) is 3.58. The van der Waals surface area contributed by atoms with Crippen molar-refractivity contribution in [2.75, 3.05) is 0 Å². The molecule has 1 atom stereocenters. The summed E-state index contributed by atoms with van der Waals surface area (Å²) < 4.78 is 0. The highest BCUT2D eigenvalue weighted by Gasteiger charge is 2.31. The van der Waals surface area contributed by atoms with E-state index in [0.29, 0.717) is 5.57 Å². The van der Waals surface area contributed by atoms with Gasteiger partial charge in [0.05, 0.1) is 11.6 Å². The second-order valence-corrected chi connectivity index (χ2v) is 4.71. The number of hydrogen-bond acceptors (Lipinski definition) is 2. The molecule has 1 aliphatic carbocycles. The van der Waals surface area contributed by atoms with E-state index in [0.717, 1.165) is 27.8 Å². The van der Waals surface area contributed by atoms with Gasteiger partial charge in [-0.1, -0.05) is 48.5 Å². The van der Waals surface area contributed by atoms with Crippen LogP contribution in [0.2, 0.25) is 0 Å². The van der Waals surface area contributed by atoms with Gasteiger partial charge >= 0.3 is 0 Å². The van der Waals surface area contributed by atoms with Gasteiger partial charge in [0.2, 0.25) is 0 Å². The molecular formula is C17H13NO. The van der Waals surface area contributed by atoms with Gasteiger partial charge in [0.15, 0.2) is 0 Å². The van der Waals surface area contributed by atoms with Gasteiger partial charge in [-0.15, -0.1) is 0 Å². The minimum absolute atomic E-state index is 0.440. The van der Waals surface area contributed by atoms with Crippen LogP contribution in [0.1, 0.15) is 28.4 Å². The lowest BCUT2D eigenvalue weighted by Gasteiger charge is -2.09. The molecule has 0 aromatic heterocycles. The molecule has 1 unspecified atom stereocenters. The van der Waals surface area contributed by atoms with Gasteiger partial charge in [0.25, 0.3) is 0 Å². The van der Waals surface area contributed by atoms with Crippen LogP contribution in [0.4, 0.5) is 0 Å². The van der Waals surface area contributed by atoms with Crippen LogP contribution in [0, 0.1) is 18.3 Å². The summed E-state index contributed by atoms with van der Waals surface area (Å²) in [6, 6.07) is 17.8. The largest absolute Gasteiger partial charge is 0.383 e. The van der Waals surface area contributed by atoms with Gasteiger partial charge in [-0.3, -0.25) is 0 Å². The molecule has 0 saturated carbocycles. The Morgan fingerprint density at radius 1 is 1.05 bits per heavy atom. The molecule has 0 spiro atoms. The Morgan fingerprint density at radius 3 is 2.47 bits per heavy atom. The van der Waals surface area contributed by atoms with E-state index in [1.165, 1.54) is 0 Å². The SMILES string of the molecule is Cc1cccc2c1C(c1ccccc1)=C(C#N)C2O. The number of nitriles is 1. The van der Waals surface area contributed by atoms with Crippen molar-refractivity contribution in [3.8, 4) is 6.07 Å². The fourth-order valence-corrected chi connectivity index (χ4v) is 2.71. The molecule has 92 valence electrons. The van der Waals surface area contributed by atoms with Crippen molar-refractivity contribution in [3.05, 3.63) is 76.4 Å². The number of fused-ring (bicyclic) bond motifs is 1. The molecule has 2 heteroatoms. The first kappa shape index (κ1) is 11.7. The summed E-state index contributed by atoms with van der Waals surface area (Å²) in [7, 11) is 0. The van der Waals surface area contributed by atoms with Gasteiger partial charge in [0.1, 0.15) is 6.10 Å². The zero-order valence-corrected chi connectivity index (χ0v) is 10.6. The number of aliphatic hydroxyl groups excluding tert-OH is 1. The Bertz CT molecular complexity index is 708. The van der Waals surface area contributed by atoms with Crippen LogP contribution in [0.25, 0.3) is 5.57 Å². The van der Waals surface area contributed by atoms with Gasteiger partial charge < -0.3 is 5.11 Å². The molecule has 0 aliphatic heterocycles. The predicted molar refractivity (Wildman–Crippen MR) is 74.2 cm³/mol. The second-order valence-electron chi connectivity index (χ2n) is 4.71. The van der Waals surface area contributed by atoms with Crippen molar-refractivity contribution < 1.29 is 5.11 Å². The normalized spacial score (nSPS) is 17.2. The average Bonchev–Trinajstić information content (AvgIpc) is 2.74. The summed E-state index contributed by atoms with van der Waals surface area (Å²) in [5.74, 6) is 0. The molecule has 2 aromatic carbocycles. The smallest absolute Gasteiger partial charge is 0.115 e. The van der Waals surface area contributed by atoms with Gasteiger partial charge in [0, 0.05) is 5.57 Å². The van der Waals surface area contributed by atoms with Crippen LogP contribution in [0.15, 0.2) is 54.1 Å². The van der Waals surface area contributed by atoms with E-state index in [4.69, 9.17) is 0 Å². The van der Waals surface area contributed by atoms with Crippen LogP contribution in [-0.2, 0) is 0 Å². The molecule has 0 fully saturated rings. The van der Waals surface area contributed by atoms with Crippen LogP contribution in [0.3, 0.4) is 0 Å². The maximum absolute atomic E-state index is 10.3. The Labute approximate surface area is 112 Å². The lowest BCUT2D eigenvalue weighted by Crippen LogP contribution is -1.95. The minimum Gasteiger partial charge on any atom is -0.383 e. The molecule has 1 N–H and O–H groups in total. The lowest BCUT2D eigenvalue weighted by molar-refractivity contribution is 0.224. The summed E-state index contributed by atoms with van der Waals surface area (Å²) in [5.41, 5.74) is 5.19. The van der Waals surface area contributed by atoms with Crippen LogP contribution < -0.4 is 0 Å². The van der Waals surface area contributed by atoms with Gasteiger partial charge in [-0.05, 0) is 29.2 Å². The van der Waals surface area contributed by atoms with Crippen molar-refractivity contribution in [1.29, 1.82) is 5.26 Å². The standard InChI is InChI=1S/C17H13NO/c1-11-6-5-9-13-15(11)16(14(10-18)17(13)19)12-7-3-2-4-8-12/h2-9,17,19H,1H3. The highest BCUT2D eigenvalue weighted by molar-refractivity contribution is 5.91. The topological polar surface area (TPSA) is 44.0 Å². The first-order chi connectivity index (χ1) is 9.24. The van der Waals surface area contributed by atoms with E-state index in [1.807, 2.05) is 55.5 Å². The highest BCUT2D eigenvalue weighted by Crippen LogP contribution is 2.44. The summed E-state index contributed by atoms with van der Waals surface area (Å²) in [6.07, 6.45) is -0.810. The molecule has 0 radical (unpaired) electrons. The molecular weight excluding hydrogens is 234 g/mol. The average molecular weight is 247 g/mol. The molecule has 2 nitrogen and oxygen atoms in total. The molecule has 1 aliphatic rings. The maximum Gasteiger partial charge on any atom is 0.115 e. The van der Waals surface area contributed by atoms with Crippen molar-refractivity contribution in [1.82, 2.24) is 0 Å². The first-order valence-corrected chi connectivity index (χ1v) is 6.21. The second kappa shape index (κ2) is 4.38. The Hall–Kier alpha value is -2.37. The molecule has 0 bridgehead atoms. The molecule has 0 heterocycles. The van der Waals surface area contributed by atoms with E-state index in [-0.39, 0.29) is 0 Å². The number of benzene rings is 2. The zero-order chi connectivity index (χ0) is 13.4. The minimum atomic E-state index is -0.810. The summed E-state index contributed by atoms with van der Waals surface area (Å²) >= 11 is 0. The lowest BCUT2D eigenvalue weighted by atomic mass is 9.94. The predicted octanol–water partition coefficient (Wildman–Crippen LogP) is 3.37. The Kier molecular flexibility index (Phi) is 2.70. The summed E-state index contributed by atoms with van der Waals surface area (Å²) in [5, 5.41) is 19.7. The third-order valence-corrected chi connectivity index (χ3v) is 3.58. The van der Waals surface area contributed by atoms with Crippen LogP contribution >= 0.6 is 0 Å². The molecule has 0 amide bonds. The fraction of sp³-hybridized carbons (Fsp3) is 0.118. The van der Waals surface area contributed by atoms with E-state index < -0.39 is 6.10 Å². The fourth-order valence-electron chi connectivity index (χ4n) is 2.71. The van der Waals surface area contributed by atoms with E-state index >= 15 is 0 Å². The van der Waals surface area contributed by atoms with Gasteiger partial charge in [-0.2, -0.15) is 5.26 Å². The van der Waals surface area contributed by atoms with Crippen molar-refractivity contribution >= 4 is 5.57 Å². The first-order valence-electron chi connectivity index (χ1n) is 6.21. The molecule has 2 aromatic rings. The number of nitrogens with zero attached hydrogens (tertiary/aromatic N) is 1. The number of aliphatic hydroxyl groups is 1. The maximum atomic E-state index is 10.3. The zero-order valence-electron chi connectivity index (χ0n) is 10.6. The molecule has 19 heavy (non-hydrogen) atoms. The van der Waals surface area contributed by atoms with Crippen molar-refractivity contribution in [2.45, 2.75) is 13.0 Å². The summed E-state index contributed by atoms with van der Waals surface area (Å²) in [6.45, 7) is 2.01. The monoisotopic (exact) mass is 247 g/mol. The van der Waals surface area contributed by atoms with Crippen LogP contribution in [-0.4, -0.2) is 5.11 Å². The molecule has 3 rings (SSSR count). The van der Waals surface area contributed by atoms with Gasteiger partial charge in [-0.25, -0.2) is 0 Å². The number of rotatable bonds is 1. The van der Waals surface area contributed by atoms with E-state index in [2.05, 4.69) is 6.07 Å². The quantitative estimate of drug-likeness (QED) is 0.839. The van der Waals surface area contributed by atoms with E-state index in [1.54, 1.807) is 0 Å². The van der Waals surface area contributed by atoms with Crippen LogP contribution in [0.5, 0.6) is 0 Å². The van der Waals surface area contributed by atoms with E-state index in [9.17, 15) is 10.4 Å². The third kappa shape index (κ3) is 1.68. The van der Waals surface area contributed by atoms with Crippen molar-refractivity contribution in [3.63, 3.8) is 0 Å². The Balaban J connectivity index is 2.34. The van der Waals surface area contributed by atoms with Crippen molar-refractivity contribution in [2.24, 2.45) is 0 Å². The highest BCUT2D eigenvalue weighted by atomic mass is 16.3. The number of aryl methyl sites for hydroxylation is 1. The summed E-state index contributed by atoms with van der Waals surface area (Å²) in [4.78, 5) is 0. The number of hydrogen-bond donors (Lipinski definition) is 1.